The number of carbonyl (C=O) groups is 1. The maximum atomic E-state index is 12.0. The number of hydrogen-bond donors (Lipinski definition) is 0. The second-order valence-corrected chi connectivity index (χ2v) is 7.07. The molecule has 1 rings (SSSR count). The highest BCUT2D eigenvalue weighted by Gasteiger charge is 2.17. The molecule has 0 aromatic heterocycles. The lowest BCUT2D eigenvalue weighted by Gasteiger charge is -2.28. The molecule has 0 spiro atoms. The van der Waals surface area contributed by atoms with Gasteiger partial charge in [-0.15, -0.1) is 0 Å². The van der Waals surface area contributed by atoms with Gasteiger partial charge in [0.25, 0.3) is 0 Å². The van der Waals surface area contributed by atoms with Crippen molar-refractivity contribution in [2.45, 2.75) is 53.1 Å². The number of amides is 1. The van der Waals surface area contributed by atoms with E-state index in [1.165, 1.54) is 6.92 Å². The van der Waals surface area contributed by atoms with Crippen LogP contribution in [0.5, 0.6) is 5.75 Å². The van der Waals surface area contributed by atoms with Crippen LogP contribution in [0, 0.1) is 0 Å². The van der Waals surface area contributed by atoms with Gasteiger partial charge in [-0.05, 0) is 38.0 Å². The predicted octanol–water partition coefficient (Wildman–Crippen LogP) is 2.95. The Kier molecular flexibility index (Phi) is 6.87. The van der Waals surface area contributed by atoms with E-state index < -0.39 is 10.1 Å². The monoisotopic (exact) mass is 327 g/mol. The maximum Gasteiger partial charge on any atom is 0.308 e. The van der Waals surface area contributed by atoms with Crippen molar-refractivity contribution < 1.29 is 17.4 Å². The minimum absolute atomic E-state index is 0.0679. The molecule has 0 fully saturated rings. The number of carbonyl (C=O) groups excluding carboxylic acids is 1. The molecule has 1 atom stereocenters. The molecule has 1 aromatic rings. The summed E-state index contributed by atoms with van der Waals surface area (Å²) in [6, 6.07) is 6.99. The fraction of sp³-hybridized carbons (Fsp3) is 0.562. The van der Waals surface area contributed by atoms with Crippen molar-refractivity contribution in [2.24, 2.45) is 0 Å². The molecule has 22 heavy (non-hydrogen) atoms. The van der Waals surface area contributed by atoms with Gasteiger partial charge in [-0.3, -0.25) is 4.79 Å². The molecule has 0 aliphatic carbocycles. The first-order valence-corrected chi connectivity index (χ1v) is 9.21. The van der Waals surface area contributed by atoms with Gasteiger partial charge in [0.15, 0.2) is 0 Å². The van der Waals surface area contributed by atoms with E-state index in [2.05, 4.69) is 0 Å². The number of hydrogen-bond acceptors (Lipinski definition) is 4. The first-order valence-electron chi connectivity index (χ1n) is 7.63. The molecule has 0 aliphatic heterocycles. The summed E-state index contributed by atoms with van der Waals surface area (Å²) in [7, 11) is -3.51. The second kappa shape index (κ2) is 8.17. The lowest BCUT2D eigenvalue weighted by Crippen LogP contribution is -2.37. The van der Waals surface area contributed by atoms with Crippen molar-refractivity contribution in [3.8, 4) is 5.75 Å². The van der Waals surface area contributed by atoms with Gasteiger partial charge in [0, 0.05) is 19.0 Å². The molecule has 0 radical (unpaired) electrons. The van der Waals surface area contributed by atoms with Crippen molar-refractivity contribution in [3.63, 3.8) is 0 Å². The first-order chi connectivity index (χ1) is 10.3. The Labute approximate surface area is 133 Å². The summed E-state index contributed by atoms with van der Waals surface area (Å²) >= 11 is 0. The summed E-state index contributed by atoms with van der Waals surface area (Å²) in [6.45, 7) is 7.98. The minimum atomic E-state index is -3.51. The summed E-state index contributed by atoms with van der Waals surface area (Å²) in [6.07, 6.45) is 1.36. The largest absolute Gasteiger partial charge is 0.382 e. The van der Waals surface area contributed by atoms with Crippen molar-refractivity contribution in [1.29, 1.82) is 0 Å². The van der Waals surface area contributed by atoms with Gasteiger partial charge >= 0.3 is 10.1 Å². The molecule has 0 heterocycles. The zero-order valence-electron chi connectivity index (χ0n) is 13.7. The van der Waals surface area contributed by atoms with Crippen LogP contribution in [0.2, 0.25) is 0 Å². The van der Waals surface area contributed by atoms with Crippen molar-refractivity contribution in [3.05, 3.63) is 29.8 Å². The van der Waals surface area contributed by atoms with Crippen LogP contribution in [0.1, 0.15) is 46.1 Å². The van der Waals surface area contributed by atoms with Gasteiger partial charge in [0.05, 0.1) is 5.75 Å². The third kappa shape index (κ3) is 5.33. The van der Waals surface area contributed by atoms with E-state index in [0.717, 1.165) is 12.0 Å². The van der Waals surface area contributed by atoms with Crippen LogP contribution in [-0.2, 0) is 21.5 Å². The zero-order chi connectivity index (χ0) is 16.8. The summed E-state index contributed by atoms with van der Waals surface area (Å²) in [5, 5.41) is 0. The molecule has 0 N–H and O–H groups in total. The fourth-order valence-electron chi connectivity index (χ4n) is 1.97. The van der Waals surface area contributed by atoms with Gasteiger partial charge in [0.1, 0.15) is 5.75 Å². The Morgan fingerprint density at radius 1 is 1.18 bits per heavy atom. The van der Waals surface area contributed by atoms with Crippen LogP contribution in [0.15, 0.2) is 24.3 Å². The van der Waals surface area contributed by atoms with Crippen molar-refractivity contribution >= 4 is 16.0 Å². The lowest BCUT2D eigenvalue weighted by atomic mass is 10.1. The van der Waals surface area contributed by atoms with Crippen LogP contribution >= 0.6 is 0 Å². The molecule has 6 heteroatoms. The third-order valence-electron chi connectivity index (χ3n) is 3.60. The SMILES string of the molecule is CCC(=O)N(Cc1ccc(OS(=O)(=O)CC)cc1)C(C)CC. The van der Waals surface area contributed by atoms with E-state index in [1.807, 2.05) is 25.7 Å². The van der Waals surface area contributed by atoms with E-state index in [-0.39, 0.29) is 17.7 Å². The number of benzene rings is 1. The average Bonchev–Trinajstić information content (AvgIpc) is 2.52. The summed E-state index contributed by atoms with van der Waals surface area (Å²) < 4.78 is 27.8. The highest BCUT2D eigenvalue weighted by atomic mass is 32.2. The number of rotatable bonds is 8. The molecular weight excluding hydrogens is 302 g/mol. The molecule has 1 amide bonds. The van der Waals surface area contributed by atoms with Gasteiger partial charge in [-0.25, -0.2) is 0 Å². The molecule has 1 aromatic carbocycles. The van der Waals surface area contributed by atoms with E-state index in [4.69, 9.17) is 4.18 Å². The van der Waals surface area contributed by atoms with Crippen LogP contribution in [0.4, 0.5) is 0 Å². The zero-order valence-corrected chi connectivity index (χ0v) is 14.5. The van der Waals surface area contributed by atoms with Crippen LogP contribution in [0.3, 0.4) is 0 Å². The highest BCUT2D eigenvalue weighted by molar-refractivity contribution is 7.87. The van der Waals surface area contributed by atoms with E-state index >= 15 is 0 Å². The van der Waals surface area contributed by atoms with Gasteiger partial charge < -0.3 is 9.08 Å². The molecule has 0 bridgehead atoms. The normalized spacial score (nSPS) is 12.7. The third-order valence-corrected chi connectivity index (χ3v) is 4.75. The molecular formula is C16H25NO4S. The summed E-state index contributed by atoms with van der Waals surface area (Å²) in [4.78, 5) is 13.9. The maximum absolute atomic E-state index is 12.0. The molecule has 124 valence electrons. The van der Waals surface area contributed by atoms with Crippen LogP contribution in [-0.4, -0.2) is 31.0 Å². The van der Waals surface area contributed by atoms with Gasteiger partial charge in [-0.1, -0.05) is 26.0 Å². The number of nitrogens with zero attached hydrogens (tertiary/aromatic N) is 1. The van der Waals surface area contributed by atoms with E-state index in [1.54, 1.807) is 24.3 Å². The fourth-order valence-corrected chi connectivity index (χ4v) is 2.49. The molecule has 0 saturated heterocycles. The smallest absolute Gasteiger partial charge is 0.308 e. The first kappa shape index (κ1) is 18.5. The predicted molar refractivity (Wildman–Crippen MR) is 87.1 cm³/mol. The Bertz CT molecular complexity index is 581. The van der Waals surface area contributed by atoms with Crippen molar-refractivity contribution in [2.75, 3.05) is 5.75 Å². The second-order valence-electron chi connectivity index (χ2n) is 5.21. The quantitative estimate of drug-likeness (QED) is 0.689. The summed E-state index contributed by atoms with van der Waals surface area (Å²) in [5.41, 5.74) is 0.948. The molecule has 0 aliphatic rings. The lowest BCUT2D eigenvalue weighted by molar-refractivity contribution is -0.133. The minimum Gasteiger partial charge on any atom is -0.382 e. The van der Waals surface area contributed by atoms with E-state index in [0.29, 0.717) is 18.7 Å². The topological polar surface area (TPSA) is 63.7 Å². The Morgan fingerprint density at radius 2 is 1.77 bits per heavy atom. The highest BCUT2D eigenvalue weighted by Crippen LogP contribution is 2.18. The van der Waals surface area contributed by atoms with Gasteiger partial charge in [0.2, 0.25) is 5.91 Å². The van der Waals surface area contributed by atoms with Crippen LogP contribution in [0.25, 0.3) is 0 Å². The molecule has 0 saturated carbocycles. The average molecular weight is 327 g/mol. The molecule has 5 nitrogen and oxygen atoms in total. The van der Waals surface area contributed by atoms with Crippen molar-refractivity contribution in [1.82, 2.24) is 4.90 Å². The Balaban J connectivity index is 2.83. The standard InChI is InChI=1S/C16H25NO4S/c1-5-13(4)17(16(18)6-2)12-14-8-10-15(11-9-14)21-22(19,20)7-3/h8-11,13H,5-7,12H2,1-4H3. The van der Waals surface area contributed by atoms with Crippen LogP contribution < -0.4 is 4.18 Å². The molecule has 1 unspecified atom stereocenters. The summed E-state index contributed by atoms with van der Waals surface area (Å²) in [5.74, 6) is 0.340. The van der Waals surface area contributed by atoms with Gasteiger partial charge in [-0.2, -0.15) is 8.42 Å². The Morgan fingerprint density at radius 3 is 2.23 bits per heavy atom. The van der Waals surface area contributed by atoms with E-state index in [9.17, 15) is 13.2 Å². The Hall–Kier alpha value is -1.56.